The van der Waals surface area contributed by atoms with Crippen molar-refractivity contribution in [3.63, 3.8) is 0 Å². The Labute approximate surface area is 97.2 Å². The summed E-state index contributed by atoms with van der Waals surface area (Å²) in [5.41, 5.74) is 1.33. The molecule has 1 aliphatic heterocycles. The lowest BCUT2D eigenvalue weighted by atomic mass is 10.1. The molecule has 0 amide bonds. The topological polar surface area (TPSA) is 30.3 Å². The standard InChI is InChI=1S/C12H21N3O/c1-11(2)12-3-4-13-15(12)6-5-14-7-9-16-10-8-14/h3-4,11H,5-10H2,1-2H3. The van der Waals surface area contributed by atoms with E-state index in [1.54, 1.807) is 0 Å². The van der Waals surface area contributed by atoms with Crippen LogP contribution in [-0.4, -0.2) is 47.5 Å². The van der Waals surface area contributed by atoms with E-state index in [1.807, 2.05) is 6.20 Å². The summed E-state index contributed by atoms with van der Waals surface area (Å²) in [7, 11) is 0. The molecule has 90 valence electrons. The van der Waals surface area contributed by atoms with Crippen molar-refractivity contribution >= 4 is 0 Å². The van der Waals surface area contributed by atoms with Crippen LogP contribution in [0, 0.1) is 0 Å². The van der Waals surface area contributed by atoms with Crippen LogP contribution in [0.1, 0.15) is 25.5 Å². The molecule has 1 aliphatic rings. The second kappa shape index (κ2) is 5.46. The number of aromatic nitrogens is 2. The summed E-state index contributed by atoms with van der Waals surface area (Å²) < 4.78 is 7.46. The predicted octanol–water partition coefficient (Wildman–Crippen LogP) is 1.34. The minimum Gasteiger partial charge on any atom is -0.379 e. The lowest BCUT2D eigenvalue weighted by Crippen LogP contribution is -2.38. The molecule has 0 atom stereocenters. The first kappa shape index (κ1) is 11.6. The molecule has 0 spiro atoms. The fraction of sp³-hybridized carbons (Fsp3) is 0.750. The minimum absolute atomic E-state index is 0.548. The van der Waals surface area contributed by atoms with Gasteiger partial charge in [-0.05, 0) is 12.0 Å². The van der Waals surface area contributed by atoms with Gasteiger partial charge >= 0.3 is 0 Å². The Morgan fingerprint density at radius 1 is 1.31 bits per heavy atom. The third-order valence-corrected chi connectivity index (χ3v) is 3.07. The summed E-state index contributed by atoms with van der Waals surface area (Å²) in [6.45, 7) is 10.3. The molecule has 1 aromatic heterocycles. The van der Waals surface area contributed by atoms with Crippen molar-refractivity contribution in [3.8, 4) is 0 Å². The van der Waals surface area contributed by atoms with Gasteiger partial charge in [0.25, 0.3) is 0 Å². The summed E-state index contributed by atoms with van der Waals surface area (Å²) in [4.78, 5) is 2.44. The molecule has 0 N–H and O–H groups in total. The number of ether oxygens (including phenoxy) is 1. The highest BCUT2D eigenvalue weighted by molar-refractivity contribution is 5.05. The number of hydrogen-bond donors (Lipinski definition) is 0. The van der Waals surface area contributed by atoms with Crippen LogP contribution in [-0.2, 0) is 11.3 Å². The normalized spacial score (nSPS) is 18.2. The van der Waals surface area contributed by atoms with E-state index >= 15 is 0 Å². The van der Waals surface area contributed by atoms with E-state index in [2.05, 4.69) is 34.6 Å². The van der Waals surface area contributed by atoms with Crippen molar-refractivity contribution in [2.75, 3.05) is 32.8 Å². The fourth-order valence-electron chi connectivity index (χ4n) is 2.08. The van der Waals surface area contributed by atoms with Crippen LogP contribution in [0.2, 0.25) is 0 Å². The zero-order chi connectivity index (χ0) is 11.4. The average molecular weight is 223 g/mol. The Balaban J connectivity index is 1.86. The summed E-state index contributed by atoms with van der Waals surface area (Å²) in [5, 5.41) is 4.38. The Morgan fingerprint density at radius 3 is 2.75 bits per heavy atom. The maximum Gasteiger partial charge on any atom is 0.0594 e. The van der Waals surface area contributed by atoms with Gasteiger partial charge in [-0.15, -0.1) is 0 Å². The predicted molar refractivity (Wildman–Crippen MR) is 63.6 cm³/mol. The van der Waals surface area contributed by atoms with Crippen molar-refractivity contribution in [2.24, 2.45) is 0 Å². The molecule has 1 fully saturated rings. The Kier molecular flexibility index (Phi) is 3.96. The molecule has 1 aromatic rings. The van der Waals surface area contributed by atoms with Gasteiger partial charge in [0, 0.05) is 31.5 Å². The molecule has 0 aromatic carbocycles. The molecular weight excluding hydrogens is 202 g/mol. The van der Waals surface area contributed by atoms with E-state index in [9.17, 15) is 0 Å². The molecule has 2 heterocycles. The molecule has 4 heteroatoms. The molecule has 0 aliphatic carbocycles. The Bertz CT molecular complexity index is 316. The highest BCUT2D eigenvalue weighted by Crippen LogP contribution is 2.13. The Hall–Kier alpha value is -0.870. The van der Waals surface area contributed by atoms with Gasteiger partial charge in [0.2, 0.25) is 0 Å². The van der Waals surface area contributed by atoms with Crippen molar-refractivity contribution in [1.29, 1.82) is 0 Å². The second-order valence-corrected chi connectivity index (χ2v) is 4.59. The monoisotopic (exact) mass is 223 g/mol. The van der Waals surface area contributed by atoms with Crippen molar-refractivity contribution < 1.29 is 4.74 Å². The third-order valence-electron chi connectivity index (χ3n) is 3.07. The quantitative estimate of drug-likeness (QED) is 0.771. The highest BCUT2D eigenvalue weighted by Gasteiger charge is 2.11. The van der Waals surface area contributed by atoms with Gasteiger partial charge in [0.05, 0.1) is 19.8 Å². The van der Waals surface area contributed by atoms with E-state index in [4.69, 9.17) is 4.74 Å². The smallest absolute Gasteiger partial charge is 0.0594 e. The lowest BCUT2D eigenvalue weighted by Gasteiger charge is -2.26. The molecule has 16 heavy (non-hydrogen) atoms. The minimum atomic E-state index is 0.548. The average Bonchev–Trinajstić information content (AvgIpc) is 2.76. The number of hydrogen-bond acceptors (Lipinski definition) is 3. The van der Waals surface area contributed by atoms with Gasteiger partial charge in [0.15, 0.2) is 0 Å². The van der Waals surface area contributed by atoms with Gasteiger partial charge in [0.1, 0.15) is 0 Å². The number of morpholine rings is 1. The van der Waals surface area contributed by atoms with Crippen molar-refractivity contribution in [2.45, 2.75) is 26.3 Å². The van der Waals surface area contributed by atoms with Gasteiger partial charge in [-0.2, -0.15) is 5.10 Å². The molecule has 4 nitrogen and oxygen atoms in total. The fourth-order valence-corrected chi connectivity index (χ4v) is 2.08. The molecule has 0 radical (unpaired) electrons. The van der Waals surface area contributed by atoms with Gasteiger partial charge in [-0.1, -0.05) is 13.8 Å². The molecule has 2 rings (SSSR count). The summed E-state index contributed by atoms with van der Waals surface area (Å²) >= 11 is 0. The van der Waals surface area contributed by atoms with E-state index in [-0.39, 0.29) is 0 Å². The lowest BCUT2D eigenvalue weighted by molar-refractivity contribution is 0.0358. The SMILES string of the molecule is CC(C)c1ccnn1CCN1CCOCC1. The molecule has 0 unspecified atom stereocenters. The summed E-state index contributed by atoms with van der Waals surface area (Å²) in [6.07, 6.45) is 1.90. The number of rotatable bonds is 4. The van der Waals surface area contributed by atoms with Crippen LogP contribution < -0.4 is 0 Å². The van der Waals surface area contributed by atoms with Gasteiger partial charge in [-0.25, -0.2) is 0 Å². The van der Waals surface area contributed by atoms with E-state index in [1.165, 1.54) is 5.69 Å². The first-order chi connectivity index (χ1) is 7.77. The largest absolute Gasteiger partial charge is 0.379 e. The van der Waals surface area contributed by atoms with E-state index < -0.39 is 0 Å². The molecule has 0 saturated carbocycles. The summed E-state index contributed by atoms with van der Waals surface area (Å²) in [5.74, 6) is 0.548. The highest BCUT2D eigenvalue weighted by atomic mass is 16.5. The van der Waals surface area contributed by atoms with E-state index in [0.717, 1.165) is 39.4 Å². The second-order valence-electron chi connectivity index (χ2n) is 4.59. The first-order valence-corrected chi connectivity index (χ1v) is 6.09. The number of nitrogens with zero attached hydrogens (tertiary/aromatic N) is 3. The van der Waals surface area contributed by atoms with Crippen LogP contribution in [0.3, 0.4) is 0 Å². The molecule has 0 bridgehead atoms. The van der Waals surface area contributed by atoms with Gasteiger partial charge < -0.3 is 4.74 Å². The first-order valence-electron chi connectivity index (χ1n) is 6.09. The van der Waals surface area contributed by atoms with Crippen LogP contribution in [0.15, 0.2) is 12.3 Å². The Morgan fingerprint density at radius 2 is 2.06 bits per heavy atom. The van der Waals surface area contributed by atoms with Crippen molar-refractivity contribution in [3.05, 3.63) is 18.0 Å². The van der Waals surface area contributed by atoms with Crippen molar-refractivity contribution in [1.82, 2.24) is 14.7 Å². The summed E-state index contributed by atoms with van der Waals surface area (Å²) in [6, 6.07) is 2.12. The van der Waals surface area contributed by atoms with Gasteiger partial charge in [-0.3, -0.25) is 9.58 Å². The molecule has 1 saturated heterocycles. The van der Waals surface area contributed by atoms with Crippen LogP contribution in [0.4, 0.5) is 0 Å². The van der Waals surface area contributed by atoms with E-state index in [0.29, 0.717) is 5.92 Å². The zero-order valence-electron chi connectivity index (χ0n) is 10.2. The maximum absolute atomic E-state index is 5.33. The van der Waals surface area contributed by atoms with Crippen LogP contribution >= 0.6 is 0 Å². The zero-order valence-corrected chi connectivity index (χ0v) is 10.2. The molecular formula is C12H21N3O. The third kappa shape index (κ3) is 2.83. The maximum atomic E-state index is 5.33. The van der Waals surface area contributed by atoms with Crippen LogP contribution in [0.5, 0.6) is 0 Å². The van der Waals surface area contributed by atoms with Crippen LogP contribution in [0.25, 0.3) is 0 Å².